The molecule has 1 aromatic heterocycles. The summed E-state index contributed by atoms with van der Waals surface area (Å²) >= 11 is 7.33. The molecule has 0 bridgehead atoms. The maximum absolute atomic E-state index is 13.5. The molecule has 4 rings (SSSR count). The number of thiazole rings is 1. The molecule has 0 spiro atoms. The van der Waals surface area contributed by atoms with Gasteiger partial charge in [0.15, 0.2) is 4.80 Å². The van der Waals surface area contributed by atoms with E-state index in [9.17, 15) is 14.4 Å². The van der Waals surface area contributed by atoms with E-state index in [1.54, 1.807) is 56.3 Å². The molecule has 1 aliphatic heterocycles. The minimum absolute atomic E-state index is 0.187. The van der Waals surface area contributed by atoms with Crippen molar-refractivity contribution in [2.75, 3.05) is 6.61 Å². The molecule has 0 aliphatic carbocycles. The number of hydrogen-bond acceptors (Lipinski definition) is 7. The predicted octanol–water partition coefficient (Wildman–Crippen LogP) is 3.38. The van der Waals surface area contributed by atoms with Crippen LogP contribution in [0.1, 0.15) is 37.9 Å². The standard InChI is InChI=1S/C25H21ClN2O5S/c1-4-32-24(31)21-14(2)27-25-28(22(21)17-8-10-19(11-9-17)33-15(3)29)23(30)20(34-25)13-16-6-5-7-18(26)12-16/h5-13,22H,4H2,1-3H3/b20-13-/t22-/m1/s1. The largest absolute Gasteiger partial charge is 0.463 e. The number of rotatable bonds is 5. The molecule has 0 amide bonds. The number of nitrogens with zero attached hydrogens (tertiary/aromatic N) is 2. The molecule has 2 heterocycles. The van der Waals surface area contributed by atoms with E-state index in [4.69, 9.17) is 21.1 Å². The summed E-state index contributed by atoms with van der Waals surface area (Å²) in [7, 11) is 0. The molecule has 0 N–H and O–H groups in total. The Morgan fingerprint density at radius 3 is 2.59 bits per heavy atom. The lowest BCUT2D eigenvalue weighted by Crippen LogP contribution is -2.39. The summed E-state index contributed by atoms with van der Waals surface area (Å²) < 4.78 is 12.4. The summed E-state index contributed by atoms with van der Waals surface area (Å²) in [5.74, 6) is -0.616. The van der Waals surface area contributed by atoms with E-state index < -0.39 is 18.0 Å². The third-order valence-electron chi connectivity index (χ3n) is 5.12. The molecule has 7 nitrogen and oxygen atoms in total. The van der Waals surface area contributed by atoms with Crippen LogP contribution < -0.4 is 19.6 Å². The van der Waals surface area contributed by atoms with Crippen molar-refractivity contribution < 1.29 is 19.1 Å². The number of halogens is 1. The van der Waals surface area contributed by atoms with Crippen molar-refractivity contribution in [1.82, 2.24) is 4.57 Å². The van der Waals surface area contributed by atoms with E-state index in [1.165, 1.54) is 22.8 Å². The monoisotopic (exact) mass is 496 g/mol. The molecular formula is C25H21ClN2O5S. The topological polar surface area (TPSA) is 87.0 Å². The van der Waals surface area contributed by atoms with Crippen LogP contribution in [0.4, 0.5) is 0 Å². The zero-order valence-electron chi connectivity index (χ0n) is 18.7. The Morgan fingerprint density at radius 1 is 1.21 bits per heavy atom. The average Bonchev–Trinajstić information content (AvgIpc) is 3.07. The zero-order valence-corrected chi connectivity index (χ0v) is 20.3. The van der Waals surface area contributed by atoms with Crippen LogP contribution in [0.25, 0.3) is 6.08 Å². The molecule has 1 aliphatic rings. The summed E-state index contributed by atoms with van der Waals surface area (Å²) in [4.78, 5) is 42.8. The molecule has 0 saturated carbocycles. The molecule has 1 atom stereocenters. The Balaban J connectivity index is 1.91. The maximum atomic E-state index is 13.5. The van der Waals surface area contributed by atoms with Gasteiger partial charge in [0.1, 0.15) is 5.75 Å². The first-order valence-electron chi connectivity index (χ1n) is 10.5. The fourth-order valence-corrected chi connectivity index (χ4v) is 4.98. The van der Waals surface area contributed by atoms with E-state index in [-0.39, 0.29) is 17.7 Å². The van der Waals surface area contributed by atoms with Crippen LogP contribution >= 0.6 is 22.9 Å². The molecule has 0 radical (unpaired) electrons. The smallest absolute Gasteiger partial charge is 0.338 e. The Hall–Kier alpha value is -3.49. The highest BCUT2D eigenvalue weighted by molar-refractivity contribution is 7.07. The molecule has 174 valence electrons. The van der Waals surface area contributed by atoms with Crippen LogP contribution in [0.2, 0.25) is 5.02 Å². The number of carbonyl (C=O) groups is 2. The minimum Gasteiger partial charge on any atom is -0.463 e. The summed E-state index contributed by atoms with van der Waals surface area (Å²) in [6.45, 7) is 4.95. The Morgan fingerprint density at radius 2 is 1.94 bits per heavy atom. The Bertz CT molecular complexity index is 1480. The van der Waals surface area contributed by atoms with Gasteiger partial charge >= 0.3 is 11.9 Å². The number of benzene rings is 2. The lowest BCUT2D eigenvalue weighted by molar-refractivity contribution is -0.139. The second-order valence-electron chi connectivity index (χ2n) is 7.52. The van der Waals surface area contributed by atoms with Gasteiger partial charge in [-0.25, -0.2) is 9.79 Å². The lowest BCUT2D eigenvalue weighted by Gasteiger charge is -2.24. The number of ether oxygens (including phenoxy) is 2. The number of aromatic nitrogens is 1. The van der Waals surface area contributed by atoms with Crippen molar-refractivity contribution in [3.05, 3.63) is 95.6 Å². The van der Waals surface area contributed by atoms with Gasteiger partial charge in [0.2, 0.25) is 0 Å². The Labute approximate surface area is 204 Å². The lowest BCUT2D eigenvalue weighted by atomic mass is 9.96. The zero-order chi connectivity index (χ0) is 24.4. The number of carbonyl (C=O) groups excluding carboxylic acids is 2. The third-order valence-corrected chi connectivity index (χ3v) is 6.34. The SMILES string of the molecule is CCOC(=O)C1=C(C)N=c2s/c(=C\c3cccc(Cl)c3)c(=O)n2[C@@H]1c1ccc(OC(C)=O)cc1. The minimum atomic E-state index is -0.747. The van der Waals surface area contributed by atoms with Crippen molar-refractivity contribution in [3.63, 3.8) is 0 Å². The van der Waals surface area contributed by atoms with Crippen LogP contribution in [0, 0.1) is 0 Å². The van der Waals surface area contributed by atoms with Gasteiger partial charge in [-0.2, -0.15) is 0 Å². The van der Waals surface area contributed by atoms with E-state index in [1.807, 2.05) is 12.1 Å². The second kappa shape index (κ2) is 9.79. The third kappa shape index (κ3) is 4.73. The molecule has 34 heavy (non-hydrogen) atoms. The first-order chi connectivity index (χ1) is 16.3. The fourth-order valence-electron chi connectivity index (χ4n) is 3.74. The molecule has 0 saturated heterocycles. The van der Waals surface area contributed by atoms with Gasteiger partial charge in [0.25, 0.3) is 5.56 Å². The fraction of sp³-hybridized carbons (Fsp3) is 0.200. The van der Waals surface area contributed by atoms with Gasteiger partial charge in [-0.3, -0.25) is 14.2 Å². The van der Waals surface area contributed by atoms with Crippen molar-refractivity contribution in [2.24, 2.45) is 4.99 Å². The molecule has 0 unspecified atom stereocenters. The van der Waals surface area contributed by atoms with Crippen LogP contribution in [-0.4, -0.2) is 23.1 Å². The number of fused-ring (bicyclic) bond motifs is 1. The van der Waals surface area contributed by atoms with Gasteiger partial charge in [0.05, 0.1) is 28.5 Å². The number of allylic oxidation sites excluding steroid dienone is 1. The highest BCUT2D eigenvalue weighted by Gasteiger charge is 2.33. The molecule has 2 aromatic carbocycles. The quantitative estimate of drug-likeness (QED) is 0.399. The van der Waals surface area contributed by atoms with Crippen LogP contribution in [0.3, 0.4) is 0 Å². The average molecular weight is 497 g/mol. The Kier molecular flexibility index (Phi) is 6.81. The van der Waals surface area contributed by atoms with Crippen molar-refractivity contribution in [2.45, 2.75) is 26.8 Å². The van der Waals surface area contributed by atoms with E-state index in [2.05, 4.69) is 4.99 Å². The highest BCUT2D eigenvalue weighted by Crippen LogP contribution is 2.31. The van der Waals surface area contributed by atoms with Gasteiger partial charge in [-0.1, -0.05) is 47.2 Å². The van der Waals surface area contributed by atoms with E-state index in [0.717, 1.165) is 5.56 Å². The molecular weight excluding hydrogens is 476 g/mol. The van der Waals surface area contributed by atoms with Crippen molar-refractivity contribution >= 4 is 41.0 Å². The van der Waals surface area contributed by atoms with Crippen LogP contribution in [-0.2, 0) is 14.3 Å². The maximum Gasteiger partial charge on any atom is 0.338 e. The first-order valence-corrected chi connectivity index (χ1v) is 11.7. The van der Waals surface area contributed by atoms with Gasteiger partial charge < -0.3 is 9.47 Å². The highest BCUT2D eigenvalue weighted by atomic mass is 35.5. The van der Waals surface area contributed by atoms with Gasteiger partial charge in [-0.15, -0.1) is 0 Å². The number of esters is 2. The summed E-state index contributed by atoms with van der Waals surface area (Å²) in [6, 6.07) is 13.1. The summed E-state index contributed by atoms with van der Waals surface area (Å²) in [5.41, 5.74) is 1.91. The molecule has 3 aromatic rings. The van der Waals surface area contributed by atoms with Crippen LogP contribution in [0.5, 0.6) is 5.75 Å². The van der Waals surface area contributed by atoms with E-state index in [0.29, 0.717) is 31.4 Å². The summed E-state index contributed by atoms with van der Waals surface area (Å²) in [5, 5.41) is 0.563. The van der Waals surface area contributed by atoms with Gasteiger partial charge in [-0.05, 0) is 55.3 Å². The van der Waals surface area contributed by atoms with Crippen molar-refractivity contribution in [3.8, 4) is 5.75 Å². The first kappa shape index (κ1) is 23.7. The summed E-state index contributed by atoms with van der Waals surface area (Å²) in [6.07, 6.45) is 1.75. The molecule has 0 fully saturated rings. The van der Waals surface area contributed by atoms with Crippen LogP contribution in [0.15, 0.2) is 69.6 Å². The molecule has 9 heteroatoms. The van der Waals surface area contributed by atoms with E-state index >= 15 is 0 Å². The normalized spacial score (nSPS) is 15.5. The number of hydrogen-bond donors (Lipinski definition) is 0. The van der Waals surface area contributed by atoms with Gasteiger partial charge in [0, 0.05) is 11.9 Å². The predicted molar refractivity (Wildman–Crippen MR) is 130 cm³/mol. The van der Waals surface area contributed by atoms with Crippen molar-refractivity contribution in [1.29, 1.82) is 0 Å². The second-order valence-corrected chi connectivity index (χ2v) is 8.97.